The Morgan fingerprint density at radius 1 is 1.29 bits per heavy atom. The van der Waals surface area contributed by atoms with E-state index in [9.17, 15) is 0 Å². The van der Waals surface area contributed by atoms with Gasteiger partial charge in [-0.25, -0.2) is 0 Å². The standard InChI is InChI=1S/C16H18ClN3S/c1-3-20(11-13-7-9-18-10-8-13)16(21)19-15-6-4-5-14(17)12(15)2/h4-10H,3,11H2,1-2H3,(H,19,21). The molecule has 5 heteroatoms. The molecule has 1 heterocycles. The van der Waals surface area contributed by atoms with E-state index in [2.05, 4.69) is 22.1 Å². The number of aromatic nitrogens is 1. The van der Waals surface area contributed by atoms with Crippen LogP contribution in [-0.4, -0.2) is 21.5 Å². The minimum Gasteiger partial charge on any atom is -0.345 e. The fraction of sp³-hybridized carbons (Fsp3) is 0.250. The molecule has 0 saturated heterocycles. The van der Waals surface area contributed by atoms with Gasteiger partial charge in [0.2, 0.25) is 0 Å². The average molecular weight is 320 g/mol. The summed E-state index contributed by atoms with van der Waals surface area (Å²) in [6.45, 7) is 5.64. The summed E-state index contributed by atoms with van der Waals surface area (Å²) in [6, 6.07) is 9.76. The number of hydrogen-bond acceptors (Lipinski definition) is 2. The first-order valence-electron chi connectivity index (χ1n) is 6.81. The lowest BCUT2D eigenvalue weighted by molar-refractivity contribution is 0.442. The van der Waals surface area contributed by atoms with Crippen LogP contribution in [0.15, 0.2) is 42.7 Å². The van der Waals surface area contributed by atoms with Crippen LogP contribution in [0.25, 0.3) is 0 Å². The Balaban J connectivity index is 2.08. The monoisotopic (exact) mass is 319 g/mol. The summed E-state index contributed by atoms with van der Waals surface area (Å²) in [4.78, 5) is 6.13. The number of benzene rings is 1. The number of hydrogen-bond donors (Lipinski definition) is 1. The molecule has 0 amide bonds. The molecule has 0 aliphatic rings. The van der Waals surface area contributed by atoms with Crippen molar-refractivity contribution in [3.63, 3.8) is 0 Å². The van der Waals surface area contributed by atoms with Crippen molar-refractivity contribution >= 4 is 34.6 Å². The van der Waals surface area contributed by atoms with Crippen molar-refractivity contribution in [3.05, 3.63) is 58.9 Å². The molecular formula is C16H18ClN3S. The maximum absolute atomic E-state index is 6.14. The number of rotatable bonds is 4. The zero-order valence-electron chi connectivity index (χ0n) is 12.1. The Morgan fingerprint density at radius 2 is 2.00 bits per heavy atom. The van der Waals surface area contributed by atoms with Crippen LogP contribution < -0.4 is 5.32 Å². The molecule has 0 radical (unpaired) electrons. The highest BCUT2D eigenvalue weighted by molar-refractivity contribution is 7.80. The van der Waals surface area contributed by atoms with Crippen molar-refractivity contribution in [2.75, 3.05) is 11.9 Å². The number of thiocarbonyl (C=S) groups is 1. The first-order valence-corrected chi connectivity index (χ1v) is 7.60. The van der Waals surface area contributed by atoms with Crippen molar-refractivity contribution in [3.8, 4) is 0 Å². The van der Waals surface area contributed by atoms with Crippen molar-refractivity contribution in [2.45, 2.75) is 20.4 Å². The summed E-state index contributed by atoms with van der Waals surface area (Å²) in [7, 11) is 0. The highest BCUT2D eigenvalue weighted by Crippen LogP contribution is 2.23. The summed E-state index contributed by atoms with van der Waals surface area (Å²) in [6.07, 6.45) is 3.58. The first kappa shape index (κ1) is 15.7. The van der Waals surface area contributed by atoms with Crippen molar-refractivity contribution in [1.82, 2.24) is 9.88 Å². The second-order valence-corrected chi connectivity index (χ2v) is 5.51. The highest BCUT2D eigenvalue weighted by Gasteiger charge is 2.10. The fourth-order valence-corrected chi connectivity index (χ4v) is 2.45. The number of nitrogens with one attached hydrogen (secondary N) is 1. The van der Waals surface area contributed by atoms with Gasteiger partial charge in [-0.05, 0) is 61.5 Å². The molecule has 0 aliphatic heterocycles. The number of nitrogens with zero attached hydrogens (tertiary/aromatic N) is 2. The van der Waals surface area contributed by atoms with Gasteiger partial charge in [-0.15, -0.1) is 0 Å². The van der Waals surface area contributed by atoms with Gasteiger partial charge in [0, 0.05) is 36.2 Å². The third-order valence-electron chi connectivity index (χ3n) is 3.30. The summed E-state index contributed by atoms with van der Waals surface area (Å²) in [5.41, 5.74) is 3.13. The van der Waals surface area contributed by atoms with Gasteiger partial charge < -0.3 is 10.2 Å². The molecule has 0 saturated carbocycles. The SMILES string of the molecule is CCN(Cc1ccncc1)C(=S)Nc1cccc(Cl)c1C. The molecule has 1 N–H and O–H groups in total. The zero-order chi connectivity index (χ0) is 15.2. The first-order chi connectivity index (χ1) is 10.1. The summed E-state index contributed by atoms with van der Waals surface area (Å²) < 4.78 is 0. The summed E-state index contributed by atoms with van der Waals surface area (Å²) in [5.74, 6) is 0. The Morgan fingerprint density at radius 3 is 2.67 bits per heavy atom. The van der Waals surface area contributed by atoms with Gasteiger partial charge in [-0.3, -0.25) is 4.98 Å². The van der Waals surface area contributed by atoms with Gasteiger partial charge in [-0.1, -0.05) is 17.7 Å². The van der Waals surface area contributed by atoms with Crippen LogP contribution in [0.2, 0.25) is 5.02 Å². The highest BCUT2D eigenvalue weighted by atomic mass is 35.5. The van der Waals surface area contributed by atoms with Gasteiger partial charge in [0.15, 0.2) is 5.11 Å². The fourth-order valence-electron chi connectivity index (χ4n) is 1.97. The summed E-state index contributed by atoms with van der Waals surface area (Å²) in [5, 5.41) is 4.71. The molecule has 21 heavy (non-hydrogen) atoms. The van der Waals surface area contributed by atoms with Gasteiger partial charge >= 0.3 is 0 Å². The van der Waals surface area contributed by atoms with Crippen LogP contribution in [0.1, 0.15) is 18.1 Å². The molecular weight excluding hydrogens is 302 g/mol. The molecule has 0 unspecified atom stereocenters. The molecule has 110 valence electrons. The predicted octanol–water partition coefficient (Wildman–Crippen LogP) is 4.26. The number of halogens is 1. The lowest BCUT2D eigenvalue weighted by Gasteiger charge is -2.25. The molecule has 0 aliphatic carbocycles. The van der Waals surface area contributed by atoms with Crippen molar-refractivity contribution in [2.24, 2.45) is 0 Å². The van der Waals surface area contributed by atoms with Crippen LogP contribution in [0.5, 0.6) is 0 Å². The lowest BCUT2D eigenvalue weighted by atomic mass is 10.2. The van der Waals surface area contributed by atoms with Gasteiger partial charge in [0.05, 0.1) is 0 Å². The third-order valence-corrected chi connectivity index (χ3v) is 4.07. The minimum absolute atomic E-state index is 0.694. The van der Waals surface area contributed by atoms with Crippen LogP contribution in [-0.2, 0) is 6.54 Å². The Bertz CT molecular complexity index is 616. The molecule has 2 aromatic rings. The molecule has 0 fully saturated rings. The normalized spacial score (nSPS) is 10.2. The van der Waals surface area contributed by atoms with E-state index in [1.54, 1.807) is 12.4 Å². The van der Waals surface area contributed by atoms with E-state index in [-0.39, 0.29) is 0 Å². The Kier molecular flexibility index (Phi) is 5.53. The van der Waals surface area contributed by atoms with Crippen LogP contribution >= 0.6 is 23.8 Å². The van der Waals surface area contributed by atoms with Crippen LogP contribution in [0.4, 0.5) is 5.69 Å². The molecule has 1 aromatic carbocycles. The van der Waals surface area contributed by atoms with Gasteiger partial charge in [-0.2, -0.15) is 0 Å². The van der Waals surface area contributed by atoms with Crippen LogP contribution in [0, 0.1) is 6.92 Å². The minimum atomic E-state index is 0.694. The van der Waals surface area contributed by atoms with Crippen molar-refractivity contribution in [1.29, 1.82) is 0 Å². The van der Waals surface area contributed by atoms with E-state index < -0.39 is 0 Å². The molecule has 0 spiro atoms. The number of anilines is 1. The molecule has 2 rings (SSSR count). The van der Waals surface area contributed by atoms with Crippen LogP contribution in [0.3, 0.4) is 0 Å². The average Bonchev–Trinajstić information content (AvgIpc) is 2.50. The van der Waals surface area contributed by atoms with E-state index in [0.717, 1.165) is 29.4 Å². The molecule has 3 nitrogen and oxygen atoms in total. The second kappa shape index (κ2) is 7.38. The van der Waals surface area contributed by atoms with Gasteiger partial charge in [0.25, 0.3) is 0 Å². The second-order valence-electron chi connectivity index (χ2n) is 4.71. The Hall–Kier alpha value is -1.65. The van der Waals surface area contributed by atoms with E-state index in [1.165, 1.54) is 5.56 Å². The third kappa shape index (κ3) is 4.16. The van der Waals surface area contributed by atoms with E-state index >= 15 is 0 Å². The number of pyridine rings is 1. The van der Waals surface area contributed by atoms with E-state index in [0.29, 0.717) is 5.11 Å². The maximum atomic E-state index is 6.14. The molecule has 0 bridgehead atoms. The maximum Gasteiger partial charge on any atom is 0.173 e. The topological polar surface area (TPSA) is 28.2 Å². The van der Waals surface area contributed by atoms with E-state index in [1.807, 2.05) is 37.3 Å². The zero-order valence-corrected chi connectivity index (χ0v) is 13.7. The van der Waals surface area contributed by atoms with E-state index in [4.69, 9.17) is 23.8 Å². The van der Waals surface area contributed by atoms with Crippen molar-refractivity contribution < 1.29 is 0 Å². The predicted molar refractivity (Wildman–Crippen MR) is 92.7 cm³/mol. The summed E-state index contributed by atoms with van der Waals surface area (Å²) >= 11 is 11.7. The van der Waals surface area contributed by atoms with Gasteiger partial charge in [0.1, 0.15) is 0 Å². The Labute approximate surface area is 136 Å². The largest absolute Gasteiger partial charge is 0.345 e. The molecule has 0 atom stereocenters. The lowest BCUT2D eigenvalue weighted by Crippen LogP contribution is -2.34. The smallest absolute Gasteiger partial charge is 0.173 e. The molecule has 1 aromatic heterocycles. The quantitative estimate of drug-likeness (QED) is 0.852.